The normalized spacial score (nSPS) is 26.4. The second-order valence-electron chi connectivity index (χ2n) is 10.6. The zero-order chi connectivity index (χ0) is 27.1. The summed E-state index contributed by atoms with van der Waals surface area (Å²) in [6.45, 7) is 2.89. The fourth-order valence-electron chi connectivity index (χ4n) is 6.62. The van der Waals surface area contributed by atoms with Crippen LogP contribution in [0.3, 0.4) is 0 Å². The van der Waals surface area contributed by atoms with Gasteiger partial charge in [0.1, 0.15) is 28.7 Å². The molecular weight excluding hydrogens is 580 g/mol. The van der Waals surface area contributed by atoms with E-state index < -0.39 is 5.41 Å². The number of thiophene rings is 1. The highest BCUT2D eigenvalue weighted by Gasteiger charge is 2.59. The van der Waals surface area contributed by atoms with Crippen molar-refractivity contribution in [3.05, 3.63) is 80.0 Å². The van der Waals surface area contributed by atoms with Crippen molar-refractivity contribution in [2.24, 2.45) is 11.1 Å². The van der Waals surface area contributed by atoms with Crippen LogP contribution in [0.25, 0.3) is 0 Å². The third-order valence-corrected chi connectivity index (χ3v) is 10.1. The Morgan fingerprint density at radius 1 is 1.26 bits per heavy atom. The summed E-state index contributed by atoms with van der Waals surface area (Å²) >= 11 is 5.16. The molecule has 1 aliphatic carbocycles. The molecule has 1 saturated carbocycles. The Morgan fingerprint density at radius 2 is 2.08 bits per heavy atom. The third kappa shape index (κ3) is 4.44. The molecule has 1 N–H and O–H groups in total. The van der Waals surface area contributed by atoms with Crippen molar-refractivity contribution in [3.63, 3.8) is 0 Å². The van der Waals surface area contributed by atoms with Gasteiger partial charge in [-0.05, 0) is 63.3 Å². The van der Waals surface area contributed by atoms with E-state index >= 15 is 0 Å². The molecule has 3 aliphatic rings. The number of methoxy groups -OCH3 is 1. The summed E-state index contributed by atoms with van der Waals surface area (Å²) in [6, 6.07) is 15.4. The van der Waals surface area contributed by atoms with Gasteiger partial charge >= 0.3 is 0 Å². The molecule has 7 nitrogen and oxygen atoms in total. The van der Waals surface area contributed by atoms with Crippen LogP contribution in [0.15, 0.2) is 63.5 Å². The molecule has 6 rings (SSSR count). The Kier molecular flexibility index (Phi) is 7.16. The molecular formula is C30H31BrN2O5S. The van der Waals surface area contributed by atoms with E-state index in [-0.39, 0.29) is 30.6 Å². The van der Waals surface area contributed by atoms with Crippen LogP contribution in [0.5, 0.6) is 11.5 Å². The molecule has 0 radical (unpaired) electrons. The smallest absolute Gasteiger partial charge is 0.264 e. The number of rotatable bonds is 6. The first-order valence-corrected chi connectivity index (χ1v) is 14.9. The van der Waals surface area contributed by atoms with Crippen molar-refractivity contribution in [2.45, 2.75) is 56.9 Å². The van der Waals surface area contributed by atoms with E-state index in [0.29, 0.717) is 36.6 Å². The molecule has 39 heavy (non-hydrogen) atoms. The van der Waals surface area contributed by atoms with Crippen molar-refractivity contribution in [1.82, 2.24) is 4.90 Å². The Morgan fingerprint density at radius 3 is 2.79 bits per heavy atom. The number of carbonyl (C=O) groups is 1. The predicted molar refractivity (Wildman–Crippen MR) is 154 cm³/mol. The quantitative estimate of drug-likeness (QED) is 0.350. The van der Waals surface area contributed by atoms with Gasteiger partial charge < -0.3 is 24.3 Å². The lowest BCUT2D eigenvalue weighted by Gasteiger charge is -2.45. The lowest BCUT2D eigenvalue weighted by atomic mass is 9.59. The Hall–Kier alpha value is -2.88. The number of ether oxygens (including phenoxy) is 2. The largest absolute Gasteiger partial charge is 0.495 e. The Bertz CT molecular complexity index is 1400. The zero-order valence-corrected chi connectivity index (χ0v) is 24.3. The van der Waals surface area contributed by atoms with Crippen molar-refractivity contribution < 1.29 is 24.2 Å². The fourth-order valence-corrected chi connectivity index (χ4v) is 7.87. The lowest BCUT2D eigenvalue weighted by Crippen LogP contribution is -2.53. The SMILES string of the molecule is COc1cc2c3c(c1Br)O[C@@H]1CC(=NOCc4ccccc4)C[C@@H](C)[C@]31C[C@@H](CO)N(C(=O)c1cccs1)C2. The van der Waals surface area contributed by atoms with Crippen molar-refractivity contribution in [2.75, 3.05) is 13.7 Å². The average Bonchev–Trinajstić information content (AvgIpc) is 3.57. The number of hydrogen-bond acceptors (Lipinski definition) is 7. The molecule has 2 aliphatic heterocycles. The van der Waals surface area contributed by atoms with Crippen molar-refractivity contribution >= 4 is 38.9 Å². The maximum atomic E-state index is 13.7. The van der Waals surface area contributed by atoms with Crippen LogP contribution in [0.4, 0.5) is 0 Å². The van der Waals surface area contributed by atoms with E-state index in [9.17, 15) is 9.90 Å². The van der Waals surface area contributed by atoms with Gasteiger partial charge in [0.05, 0.1) is 30.3 Å². The Balaban J connectivity index is 1.38. The summed E-state index contributed by atoms with van der Waals surface area (Å²) in [5, 5.41) is 17.1. The van der Waals surface area contributed by atoms with Gasteiger partial charge in [-0.2, -0.15) is 0 Å². The highest BCUT2D eigenvalue weighted by atomic mass is 79.9. The predicted octanol–water partition coefficient (Wildman–Crippen LogP) is 5.93. The molecule has 204 valence electrons. The van der Waals surface area contributed by atoms with Crippen LogP contribution in [-0.2, 0) is 23.4 Å². The standard InChI is InChI=1S/C30H31BrN2O5S/c1-18-11-21(32-37-17-19-7-4-3-5-8-19)13-25-30(18)14-22(16-34)33(29(35)24-9-6-10-39-24)15-20-12-23(36-2)27(31)28(38-25)26(20)30/h3-10,12,18,22,25,34H,11,13-17H2,1-2H3/t18-,22+,25-,30+/m1/s1. The molecule has 2 aromatic carbocycles. The van der Waals surface area contributed by atoms with Gasteiger partial charge in [-0.25, -0.2) is 0 Å². The first-order valence-electron chi connectivity index (χ1n) is 13.2. The number of aliphatic hydroxyl groups is 1. The molecule has 0 saturated heterocycles. The molecule has 1 aromatic heterocycles. The summed E-state index contributed by atoms with van der Waals surface area (Å²) in [7, 11) is 1.64. The molecule has 3 aromatic rings. The molecule has 1 spiro atoms. The highest BCUT2D eigenvalue weighted by molar-refractivity contribution is 9.10. The van der Waals surface area contributed by atoms with Crippen LogP contribution in [0.2, 0.25) is 0 Å². The molecule has 3 heterocycles. The average molecular weight is 612 g/mol. The van der Waals surface area contributed by atoms with E-state index in [1.807, 2.05) is 58.8 Å². The van der Waals surface area contributed by atoms with Crippen molar-refractivity contribution in [1.29, 1.82) is 0 Å². The summed E-state index contributed by atoms with van der Waals surface area (Å²) in [4.78, 5) is 21.9. The van der Waals surface area contributed by atoms with E-state index in [4.69, 9.17) is 14.3 Å². The van der Waals surface area contributed by atoms with Crippen LogP contribution < -0.4 is 9.47 Å². The van der Waals surface area contributed by atoms with Crippen LogP contribution >= 0.6 is 27.3 Å². The molecule has 0 bridgehead atoms. The fraction of sp³-hybridized carbons (Fsp3) is 0.400. The first kappa shape index (κ1) is 26.3. The maximum absolute atomic E-state index is 13.7. The van der Waals surface area contributed by atoms with Crippen LogP contribution in [0, 0.1) is 5.92 Å². The number of hydrogen-bond donors (Lipinski definition) is 1. The topological polar surface area (TPSA) is 80.6 Å². The van der Waals surface area contributed by atoms with Gasteiger partial charge in [-0.3, -0.25) is 4.79 Å². The van der Waals surface area contributed by atoms with Crippen LogP contribution in [0.1, 0.15) is 52.5 Å². The van der Waals surface area contributed by atoms with E-state index in [0.717, 1.165) is 39.0 Å². The number of benzene rings is 2. The van der Waals surface area contributed by atoms with Crippen LogP contribution in [-0.4, -0.2) is 47.5 Å². The molecule has 9 heteroatoms. The second kappa shape index (κ2) is 10.6. The lowest BCUT2D eigenvalue weighted by molar-refractivity contribution is 0.0330. The van der Waals surface area contributed by atoms with Gasteiger partial charge in [0.25, 0.3) is 5.91 Å². The zero-order valence-electron chi connectivity index (χ0n) is 21.9. The number of aliphatic hydroxyl groups excluding tert-OH is 1. The number of nitrogens with zero attached hydrogens (tertiary/aromatic N) is 2. The minimum atomic E-state index is -0.393. The molecule has 1 amide bonds. The summed E-state index contributed by atoms with van der Waals surface area (Å²) in [5.74, 6) is 1.51. The maximum Gasteiger partial charge on any atom is 0.264 e. The Labute approximate surface area is 240 Å². The minimum absolute atomic E-state index is 0.0615. The van der Waals surface area contributed by atoms with Gasteiger partial charge in [-0.1, -0.05) is 48.5 Å². The van der Waals surface area contributed by atoms with Gasteiger partial charge in [-0.15, -0.1) is 11.3 Å². The number of carbonyl (C=O) groups excluding carboxylic acids is 1. The van der Waals surface area contributed by atoms with E-state index in [1.54, 1.807) is 7.11 Å². The molecule has 4 atom stereocenters. The summed E-state index contributed by atoms with van der Waals surface area (Å²) in [6.07, 6.45) is 1.75. The first-order chi connectivity index (χ1) is 19.0. The van der Waals surface area contributed by atoms with Gasteiger partial charge in [0, 0.05) is 23.9 Å². The van der Waals surface area contributed by atoms with Gasteiger partial charge in [0.2, 0.25) is 0 Å². The highest BCUT2D eigenvalue weighted by Crippen LogP contribution is 2.61. The van der Waals surface area contributed by atoms with E-state index in [1.165, 1.54) is 11.3 Å². The summed E-state index contributed by atoms with van der Waals surface area (Å²) < 4.78 is 13.2. The number of amides is 1. The number of halogens is 1. The monoisotopic (exact) mass is 610 g/mol. The second-order valence-corrected chi connectivity index (χ2v) is 12.3. The van der Waals surface area contributed by atoms with E-state index in [2.05, 4.69) is 28.0 Å². The van der Waals surface area contributed by atoms with Gasteiger partial charge in [0.15, 0.2) is 0 Å². The minimum Gasteiger partial charge on any atom is -0.495 e. The number of oxime groups is 1. The summed E-state index contributed by atoms with van der Waals surface area (Å²) in [5.41, 5.74) is 3.76. The van der Waals surface area contributed by atoms with Crippen molar-refractivity contribution in [3.8, 4) is 11.5 Å². The molecule has 1 fully saturated rings. The third-order valence-electron chi connectivity index (χ3n) is 8.46. The molecule has 0 unspecified atom stereocenters.